The third kappa shape index (κ3) is 3.85. The molecule has 0 aromatic carbocycles. The van der Waals surface area contributed by atoms with Gasteiger partial charge in [0.25, 0.3) is 0 Å². The predicted molar refractivity (Wildman–Crippen MR) is 104 cm³/mol. The van der Waals surface area contributed by atoms with E-state index in [1.807, 2.05) is 6.20 Å². The first-order valence-electron chi connectivity index (χ1n) is 7.43. The summed E-state index contributed by atoms with van der Waals surface area (Å²) in [4.78, 5) is 2.63. The summed E-state index contributed by atoms with van der Waals surface area (Å²) in [5.74, 6) is 0.975. The summed E-state index contributed by atoms with van der Waals surface area (Å²) in [6.07, 6.45) is 4.81. The van der Waals surface area contributed by atoms with E-state index in [-0.39, 0.29) is 6.04 Å². The number of nitrogens with zero attached hydrogens (tertiary/aromatic N) is 2. The highest BCUT2D eigenvalue weighted by Gasteiger charge is 2.15. The van der Waals surface area contributed by atoms with Crippen molar-refractivity contribution in [3.63, 3.8) is 0 Å². The molecule has 0 bridgehead atoms. The highest BCUT2D eigenvalue weighted by molar-refractivity contribution is 7.98. The Morgan fingerprint density at radius 1 is 1.43 bits per heavy atom. The van der Waals surface area contributed by atoms with E-state index in [0.29, 0.717) is 0 Å². The Bertz CT molecular complexity index is 767. The molecular weight excluding hydrogens is 344 g/mol. The van der Waals surface area contributed by atoms with E-state index in [1.54, 1.807) is 34.4 Å². The Labute approximate surface area is 148 Å². The quantitative estimate of drug-likeness (QED) is 0.665. The van der Waals surface area contributed by atoms with Crippen molar-refractivity contribution < 1.29 is 0 Å². The summed E-state index contributed by atoms with van der Waals surface area (Å²) in [5.41, 5.74) is 9.47. The van der Waals surface area contributed by atoms with Gasteiger partial charge in [0.1, 0.15) is 5.52 Å². The van der Waals surface area contributed by atoms with Crippen molar-refractivity contribution in [3.8, 4) is 0 Å². The number of aryl methyl sites for hydroxylation is 1. The average Bonchev–Trinajstić information content (AvgIpc) is 3.15. The molecule has 3 aromatic heterocycles. The highest BCUT2D eigenvalue weighted by atomic mass is 32.2. The monoisotopic (exact) mass is 364 g/mol. The van der Waals surface area contributed by atoms with Crippen LogP contribution in [0.4, 0.5) is 5.69 Å². The molecule has 0 spiro atoms. The number of hydrogen-bond donors (Lipinski definition) is 2. The van der Waals surface area contributed by atoms with Gasteiger partial charge in [0.2, 0.25) is 0 Å². The summed E-state index contributed by atoms with van der Waals surface area (Å²) >= 11 is 5.34. The molecule has 0 fully saturated rings. The van der Waals surface area contributed by atoms with Crippen LogP contribution >= 0.6 is 34.4 Å². The van der Waals surface area contributed by atoms with Crippen LogP contribution in [0.3, 0.4) is 0 Å². The third-order valence-corrected chi connectivity index (χ3v) is 6.64. The zero-order chi connectivity index (χ0) is 16.2. The lowest BCUT2D eigenvalue weighted by Gasteiger charge is -2.08. The molecule has 122 valence electrons. The standard InChI is InChI=1S/C16H20N4S3/c1-10-14(6-11(17)9-21-2)23-16-13(8-19-20-15(10)16)18-7-12-4-3-5-22-12/h3-5,8,11H,6-7,9,17H2,1-2H3,(H,18,20). The molecule has 0 saturated carbocycles. The van der Waals surface area contributed by atoms with Crippen LogP contribution < -0.4 is 11.1 Å². The average molecular weight is 365 g/mol. The van der Waals surface area contributed by atoms with Crippen molar-refractivity contribution in [2.75, 3.05) is 17.3 Å². The van der Waals surface area contributed by atoms with Gasteiger partial charge in [0.05, 0.1) is 16.6 Å². The first-order valence-corrected chi connectivity index (χ1v) is 10.5. The molecule has 4 nitrogen and oxygen atoms in total. The second-order valence-electron chi connectivity index (χ2n) is 5.44. The number of nitrogens with one attached hydrogen (secondary N) is 1. The third-order valence-electron chi connectivity index (χ3n) is 3.66. The summed E-state index contributed by atoms with van der Waals surface area (Å²) < 4.78 is 1.18. The topological polar surface area (TPSA) is 63.8 Å². The summed E-state index contributed by atoms with van der Waals surface area (Å²) in [6.45, 7) is 2.94. The summed E-state index contributed by atoms with van der Waals surface area (Å²) in [7, 11) is 0. The van der Waals surface area contributed by atoms with E-state index < -0.39 is 0 Å². The number of thioether (sulfide) groups is 1. The minimum absolute atomic E-state index is 0.187. The molecule has 1 atom stereocenters. The van der Waals surface area contributed by atoms with Gasteiger partial charge in [-0.3, -0.25) is 0 Å². The van der Waals surface area contributed by atoms with Crippen molar-refractivity contribution in [1.29, 1.82) is 0 Å². The van der Waals surface area contributed by atoms with Gasteiger partial charge in [-0.15, -0.1) is 27.8 Å². The fourth-order valence-corrected chi connectivity index (χ4v) is 4.99. The van der Waals surface area contributed by atoms with Crippen LogP contribution in [-0.2, 0) is 13.0 Å². The Balaban J connectivity index is 1.85. The second kappa shape index (κ2) is 7.61. The molecule has 0 aliphatic rings. The van der Waals surface area contributed by atoms with E-state index in [9.17, 15) is 0 Å². The number of nitrogens with two attached hydrogens (primary N) is 1. The zero-order valence-electron chi connectivity index (χ0n) is 13.2. The van der Waals surface area contributed by atoms with Crippen LogP contribution in [0.2, 0.25) is 0 Å². The van der Waals surface area contributed by atoms with E-state index in [2.05, 4.69) is 46.2 Å². The van der Waals surface area contributed by atoms with Crippen molar-refractivity contribution in [1.82, 2.24) is 10.2 Å². The molecule has 0 aliphatic carbocycles. The number of rotatable bonds is 7. The fraction of sp³-hybridized carbons (Fsp3) is 0.375. The molecule has 7 heteroatoms. The molecule has 3 N–H and O–H groups in total. The number of fused-ring (bicyclic) bond motifs is 1. The lowest BCUT2D eigenvalue weighted by molar-refractivity contribution is 0.755. The highest BCUT2D eigenvalue weighted by Crippen LogP contribution is 2.34. The number of thiophene rings is 2. The van der Waals surface area contributed by atoms with Crippen LogP contribution in [0, 0.1) is 6.92 Å². The van der Waals surface area contributed by atoms with Gasteiger partial charge in [-0.2, -0.15) is 16.9 Å². The minimum Gasteiger partial charge on any atom is -0.378 e. The Kier molecular flexibility index (Phi) is 5.53. The lowest BCUT2D eigenvalue weighted by atomic mass is 10.1. The lowest BCUT2D eigenvalue weighted by Crippen LogP contribution is -2.25. The molecule has 1 unspecified atom stereocenters. The Hall–Kier alpha value is -1.15. The van der Waals surface area contributed by atoms with Gasteiger partial charge in [-0.25, -0.2) is 0 Å². The maximum atomic E-state index is 6.20. The van der Waals surface area contributed by atoms with Gasteiger partial charge in [-0.1, -0.05) is 6.07 Å². The molecule has 3 rings (SSSR count). The van der Waals surface area contributed by atoms with E-state index in [1.165, 1.54) is 20.0 Å². The van der Waals surface area contributed by atoms with Gasteiger partial charge in [-0.05, 0) is 36.6 Å². The van der Waals surface area contributed by atoms with Gasteiger partial charge < -0.3 is 11.1 Å². The van der Waals surface area contributed by atoms with Gasteiger partial charge in [0, 0.05) is 28.1 Å². The second-order valence-corrected chi connectivity index (χ2v) is 8.49. The van der Waals surface area contributed by atoms with Crippen LogP contribution in [-0.4, -0.2) is 28.2 Å². The molecule has 0 radical (unpaired) electrons. The van der Waals surface area contributed by atoms with Gasteiger partial charge >= 0.3 is 0 Å². The van der Waals surface area contributed by atoms with Crippen molar-refractivity contribution in [3.05, 3.63) is 39.0 Å². The van der Waals surface area contributed by atoms with E-state index in [4.69, 9.17) is 5.73 Å². The first kappa shape index (κ1) is 16.7. The SMILES string of the molecule is CSCC(N)Cc1sc2c(NCc3cccs3)cnnc2c1C. The normalized spacial score (nSPS) is 12.7. The molecular formula is C16H20N4S3. The predicted octanol–water partition coefficient (Wildman–Crippen LogP) is 3.91. The zero-order valence-corrected chi connectivity index (χ0v) is 15.7. The summed E-state index contributed by atoms with van der Waals surface area (Å²) in [6, 6.07) is 4.39. The molecule has 3 heterocycles. The van der Waals surface area contributed by atoms with Crippen LogP contribution in [0.25, 0.3) is 10.2 Å². The number of anilines is 1. The molecule has 0 saturated heterocycles. The fourth-order valence-electron chi connectivity index (χ4n) is 2.48. The number of aromatic nitrogens is 2. The molecule has 23 heavy (non-hydrogen) atoms. The Morgan fingerprint density at radius 3 is 3.04 bits per heavy atom. The Morgan fingerprint density at radius 2 is 2.30 bits per heavy atom. The van der Waals surface area contributed by atoms with Crippen LogP contribution in [0.1, 0.15) is 15.3 Å². The molecule has 0 amide bonds. The summed E-state index contributed by atoms with van der Waals surface area (Å²) in [5, 5.41) is 14.1. The van der Waals surface area contributed by atoms with E-state index >= 15 is 0 Å². The van der Waals surface area contributed by atoms with Crippen LogP contribution in [0.5, 0.6) is 0 Å². The maximum Gasteiger partial charge on any atom is 0.109 e. The largest absolute Gasteiger partial charge is 0.378 e. The molecule has 3 aromatic rings. The maximum absolute atomic E-state index is 6.20. The first-order chi connectivity index (χ1) is 11.2. The van der Waals surface area contributed by atoms with Crippen molar-refractivity contribution in [2.24, 2.45) is 5.73 Å². The van der Waals surface area contributed by atoms with Crippen molar-refractivity contribution >= 4 is 50.3 Å². The smallest absolute Gasteiger partial charge is 0.109 e. The molecule has 0 aliphatic heterocycles. The van der Waals surface area contributed by atoms with Crippen molar-refractivity contribution in [2.45, 2.75) is 25.9 Å². The minimum atomic E-state index is 0.187. The van der Waals surface area contributed by atoms with Gasteiger partial charge in [0.15, 0.2) is 0 Å². The van der Waals surface area contributed by atoms with E-state index in [0.717, 1.165) is 29.9 Å². The number of hydrogen-bond acceptors (Lipinski definition) is 7. The van der Waals surface area contributed by atoms with Crippen LogP contribution in [0.15, 0.2) is 23.7 Å².